The van der Waals surface area contributed by atoms with E-state index in [1.165, 1.54) is 18.2 Å². The minimum absolute atomic E-state index is 0.124. The highest BCUT2D eigenvalue weighted by molar-refractivity contribution is 5.46. The summed E-state index contributed by atoms with van der Waals surface area (Å²) in [7, 11) is 0. The molecule has 2 aromatic rings. The minimum Gasteiger partial charge on any atom is -0.381 e. The van der Waals surface area contributed by atoms with Crippen LogP contribution < -0.4 is 11.1 Å². The van der Waals surface area contributed by atoms with Crippen molar-refractivity contribution >= 4 is 5.69 Å². The zero-order valence-corrected chi connectivity index (χ0v) is 10.1. The maximum absolute atomic E-state index is 13.5. The first-order valence-electron chi connectivity index (χ1n) is 5.76. The molecule has 100 valence electrons. The van der Waals surface area contributed by atoms with Gasteiger partial charge in [-0.25, -0.2) is 13.2 Å². The predicted octanol–water partition coefficient (Wildman–Crippen LogP) is 3.17. The molecule has 0 aliphatic rings. The monoisotopic (exact) mass is 266 g/mol. The molecule has 2 rings (SSSR count). The highest BCUT2D eigenvalue weighted by atomic mass is 19.1. The molecule has 0 atom stereocenters. The molecule has 0 heterocycles. The number of nitrogens with one attached hydrogen (secondary N) is 1. The maximum atomic E-state index is 13.5. The fraction of sp³-hybridized carbons (Fsp3) is 0.143. The summed E-state index contributed by atoms with van der Waals surface area (Å²) >= 11 is 0. The zero-order chi connectivity index (χ0) is 13.8. The van der Waals surface area contributed by atoms with Crippen molar-refractivity contribution in [3.63, 3.8) is 0 Å². The smallest absolute Gasteiger partial charge is 0.131 e. The molecule has 0 bridgehead atoms. The average molecular weight is 266 g/mol. The molecule has 5 heteroatoms. The standard InChI is InChI=1S/C14H13F3N2/c15-11-3-1-10(13(16)5-11)8-19-12-4-2-9(7-18)14(17)6-12/h1-6,19H,7-8,18H2. The van der Waals surface area contributed by atoms with E-state index >= 15 is 0 Å². The zero-order valence-electron chi connectivity index (χ0n) is 10.1. The van der Waals surface area contributed by atoms with E-state index in [2.05, 4.69) is 5.32 Å². The third-order valence-corrected chi connectivity index (χ3v) is 2.77. The summed E-state index contributed by atoms with van der Waals surface area (Å²) in [5.41, 5.74) is 6.59. The van der Waals surface area contributed by atoms with Crippen molar-refractivity contribution in [2.45, 2.75) is 13.1 Å². The van der Waals surface area contributed by atoms with E-state index in [1.807, 2.05) is 0 Å². The first-order valence-corrected chi connectivity index (χ1v) is 5.76. The van der Waals surface area contributed by atoms with Gasteiger partial charge in [-0.2, -0.15) is 0 Å². The third kappa shape index (κ3) is 3.26. The molecule has 0 spiro atoms. The first kappa shape index (κ1) is 13.4. The fourth-order valence-corrected chi connectivity index (χ4v) is 1.69. The van der Waals surface area contributed by atoms with Gasteiger partial charge >= 0.3 is 0 Å². The van der Waals surface area contributed by atoms with Crippen LogP contribution in [-0.2, 0) is 13.1 Å². The fourth-order valence-electron chi connectivity index (χ4n) is 1.69. The Labute approximate surface area is 109 Å². The highest BCUT2D eigenvalue weighted by Gasteiger charge is 2.05. The lowest BCUT2D eigenvalue weighted by atomic mass is 10.1. The molecule has 0 saturated carbocycles. The lowest BCUT2D eigenvalue weighted by Gasteiger charge is -2.09. The van der Waals surface area contributed by atoms with Crippen molar-refractivity contribution < 1.29 is 13.2 Å². The van der Waals surface area contributed by atoms with Crippen molar-refractivity contribution in [2.24, 2.45) is 5.73 Å². The Morgan fingerprint density at radius 1 is 0.895 bits per heavy atom. The van der Waals surface area contributed by atoms with Crippen molar-refractivity contribution in [2.75, 3.05) is 5.32 Å². The first-order chi connectivity index (χ1) is 9.10. The molecule has 2 nitrogen and oxygen atoms in total. The van der Waals surface area contributed by atoms with Crippen molar-refractivity contribution in [1.82, 2.24) is 0 Å². The maximum Gasteiger partial charge on any atom is 0.131 e. The van der Waals surface area contributed by atoms with Crippen molar-refractivity contribution in [3.8, 4) is 0 Å². The van der Waals surface area contributed by atoms with Gasteiger partial charge in [0.05, 0.1) is 0 Å². The molecule has 0 aliphatic carbocycles. The van der Waals surface area contributed by atoms with Gasteiger partial charge in [0.15, 0.2) is 0 Å². The summed E-state index contributed by atoms with van der Waals surface area (Å²) in [6.45, 7) is 0.270. The number of anilines is 1. The van der Waals surface area contributed by atoms with Gasteiger partial charge in [-0.1, -0.05) is 12.1 Å². The molecule has 0 saturated heterocycles. The van der Waals surface area contributed by atoms with Crippen LogP contribution in [0, 0.1) is 17.5 Å². The Morgan fingerprint density at radius 3 is 2.21 bits per heavy atom. The van der Waals surface area contributed by atoms with Crippen LogP contribution in [-0.4, -0.2) is 0 Å². The number of nitrogens with two attached hydrogens (primary N) is 1. The Bertz CT molecular complexity index is 585. The molecule has 0 fully saturated rings. The minimum atomic E-state index is -0.633. The van der Waals surface area contributed by atoms with Crippen LogP contribution in [0.4, 0.5) is 18.9 Å². The Balaban J connectivity index is 2.08. The summed E-state index contributed by atoms with van der Waals surface area (Å²) in [5.74, 6) is -1.67. The van der Waals surface area contributed by atoms with Crippen LogP contribution in [0.2, 0.25) is 0 Å². The summed E-state index contributed by atoms with van der Waals surface area (Å²) < 4.78 is 39.6. The second-order valence-corrected chi connectivity index (χ2v) is 4.10. The van der Waals surface area contributed by atoms with Crippen LogP contribution in [0.3, 0.4) is 0 Å². The summed E-state index contributed by atoms with van der Waals surface area (Å²) in [6, 6.07) is 7.87. The van der Waals surface area contributed by atoms with E-state index in [1.54, 1.807) is 12.1 Å². The van der Waals surface area contributed by atoms with Gasteiger partial charge in [0.25, 0.3) is 0 Å². The molecule has 0 unspecified atom stereocenters. The number of hydrogen-bond donors (Lipinski definition) is 2. The van der Waals surface area contributed by atoms with Gasteiger partial charge in [-0.05, 0) is 18.2 Å². The largest absolute Gasteiger partial charge is 0.381 e. The van der Waals surface area contributed by atoms with Gasteiger partial charge in [0, 0.05) is 36.0 Å². The Hall–Kier alpha value is -2.01. The van der Waals surface area contributed by atoms with Gasteiger partial charge in [0.1, 0.15) is 17.5 Å². The summed E-state index contributed by atoms with van der Waals surface area (Å²) in [6.07, 6.45) is 0. The topological polar surface area (TPSA) is 38.0 Å². The summed E-state index contributed by atoms with van der Waals surface area (Å²) in [4.78, 5) is 0. The van der Waals surface area contributed by atoms with Crippen molar-refractivity contribution in [3.05, 3.63) is 65.0 Å². The van der Waals surface area contributed by atoms with E-state index in [4.69, 9.17) is 5.73 Å². The van der Waals surface area contributed by atoms with Crippen LogP contribution in [0.25, 0.3) is 0 Å². The lowest BCUT2D eigenvalue weighted by Crippen LogP contribution is -2.04. The molecular formula is C14H13F3N2. The van der Waals surface area contributed by atoms with E-state index in [0.29, 0.717) is 16.8 Å². The average Bonchev–Trinajstić information content (AvgIpc) is 2.38. The number of rotatable bonds is 4. The molecule has 2 aromatic carbocycles. The highest BCUT2D eigenvalue weighted by Crippen LogP contribution is 2.16. The molecule has 0 aromatic heterocycles. The molecule has 0 aliphatic heterocycles. The normalized spacial score (nSPS) is 10.5. The Kier molecular flexibility index (Phi) is 4.06. The van der Waals surface area contributed by atoms with Gasteiger partial charge in [-0.3, -0.25) is 0 Å². The van der Waals surface area contributed by atoms with E-state index in [-0.39, 0.29) is 13.1 Å². The predicted molar refractivity (Wildman–Crippen MR) is 68.0 cm³/mol. The van der Waals surface area contributed by atoms with Crippen LogP contribution in [0.1, 0.15) is 11.1 Å². The molecule has 19 heavy (non-hydrogen) atoms. The third-order valence-electron chi connectivity index (χ3n) is 2.77. The van der Waals surface area contributed by atoms with Crippen LogP contribution in [0.15, 0.2) is 36.4 Å². The quantitative estimate of drug-likeness (QED) is 0.892. The SMILES string of the molecule is NCc1ccc(NCc2ccc(F)cc2F)cc1F. The number of hydrogen-bond acceptors (Lipinski definition) is 2. The summed E-state index contributed by atoms with van der Waals surface area (Å²) in [5, 5.41) is 2.87. The van der Waals surface area contributed by atoms with Crippen LogP contribution >= 0.6 is 0 Å². The molecule has 3 N–H and O–H groups in total. The van der Waals surface area contributed by atoms with E-state index in [0.717, 1.165) is 6.07 Å². The molecule has 0 amide bonds. The number of halogens is 3. The van der Waals surface area contributed by atoms with Crippen molar-refractivity contribution in [1.29, 1.82) is 0 Å². The molecule has 0 radical (unpaired) electrons. The second kappa shape index (κ2) is 5.75. The van der Waals surface area contributed by atoms with Gasteiger partial charge in [-0.15, -0.1) is 0 Å². The van der Waals surface area contributed by atoms with E-state index in [9.17, 15) is 13.2 Å². The molecular weight excluding hydrogens is 253 g/mol. The number of benzene rings is 2. The van der Waals surface area contributed by atoms with E-state index < -0.39 is 17.5 Å². The van der Waals surface area contributed by atoms with Crippen LogP contribution in [0.5, 0.6) is 0 Å². The van der Waals surface area contributed by atoms with Gasteiger partial charge in [0.2, 0.25) is 0 Å². The lowest BCUT2D eigenvalue weighted by molar-refractivity contribution is 0.574. The second-order valence-electron chi connectivity index (χ2n) is 4.10. The Morgan fingerprint density at radius 2 is 1.58 bits per heavy atom. The van der Waals surface area contributed by atoms with Gasteiger partial charge < -0.3 is 11.1 Å².